The molecule has 3 aliphatic rings. The van der Waals surface area contributed by atoms with Crippen molar-refractivity contribution < 1.29 is 23.5 Å². The molecule has 7 heteroatoms. The molecule has 158 valence electrons. The Hall–Kier alpha value is -2.93. The van der Waals surface area contributed by atoms with Crippen LogP contribution < -0.4 is 4.90 Å². The van der Waals surface area contributed by atoms with Crippen LogP contribution in [0.5, 0.6) is 0 Å². The van der Waals surface area contributed by atoms with Crippen molar-refractivity contribution in [1.82, 2.24) is 4.90 Å². The number of fused-ring (bicyclic) bond motifs is 3. The van der Waals surface area contributed by atoms with Gasteiger partial charge in [0.05, 0.1) is 24.9 Å². The summed E-state index contributed by atoms with van der Waals surface area (Å²) in [5.41, 5.74) is 1.51. The van der Waals surface area contributed by atoms with Gasteiger partial charge in [-0.3, -0.25) is 9.80 Å². The van der Waals surface area contributed by atoms with E-state index in [1.165, 1.54) is 24.1 Å². The molecule has 0 aromatic heterocycles. The van der Waals surface area contributed by atoms with Gasteiger partial charge >= 0.3 is 12.1 Å². The zero-order valence-corrected chi connectivity index (χ0v) is 16.9. The molecule has 2 aromatic rings. The summed E-state index contributed by atoms with van der Waals surface area (Å²) in [4.78, 5) is 28.7. The Morgan fingerprint density at radius 2 is 1.90 bits per heavy atom. The van der Waals surface area contributed by atoms with Crippen molar-refractivity contribution >= 4 is 17.7 Å². The number of ether oxygens (including phenoxy) is 2. The number of piperidine rings is 3. The number of rotatable bonds is 5. The molecule has 0 saturated carbocycles. The molecule has 0 N–H and O–H groups in total. The molecule has 3 saturated heterocycles. The number of hydrogen-bond donors (Lipinski definition) is 0. The minimum absolute atomic E-state index is 0.147. The van der Waals surface area contributed by atoms with Crippen LogP contribution in [0, 0.1) is 11.7 Å². The van der Waals surface area contributed by atoms with E-state index >= 15 is 0 Å². The van der Waals surface area contributed by atoms with Crippen molar-refractivity contribution in [3.8, 4) is 0 Å². The lowest BCUT2D eigenvalue weighted by Gasteiger charge is -2.44. The largest absolute Gasteiger partial charge is 0.465 e. The molecule has 0 spiro atoms. The van der Waals surface area contributed by atoms with Gasteiger partial charge in [0, 0.05) is 6.54 Å². The Kier molecular flexibility index (Phi) is 5.99. The zero-order chi connectivity index (χ0) is 21.1. The number of benzene rings is 2. The van der Waals surface area contributed by atoms with Crippen LogP contribution in [0.15, 0.2) is 48.5 Å². The number of nitrogens with zero attached hydrogens (tertiary/aromatic N) is 2. The Balaban J connectivity index is 1.57. The first kappa shape index (κ1) is 20.3. The number of methoxy groups -OCH3 is 1. The molecule has 6 nitrogen and oxygen atoms in total. The highest BCUT2D eigenvalue weighted by Crippen LogP contribution is 2.31. The van der Waals surface area contributed by atoms with Crippen molar-refractivity contribution in [1.29, 1.82) is 0 Å². The first-order valence-electron chi connectivity index (χ1n) is 10.2. The smallest absolute Gasteiger partial charge is 0.414 e. The summed E-state index contributed by atoms with van der Waals surface area (Å²) in [6, 6.07) is 12.7. The molecular formula is C23H25FN2O4. The number of carbonyl (C=O) groups is 2. The van der Waals surface area contributed by atoms with Crippen LogP contribution >= 0.6 is 0 Å². The fourth-order valence-corrected chi connectivity index (χ4v) is 4.24. The monoisotopic (exact) mass is 412 g/mol. The number of amides is 1. The third-order valence-corrected chi connectivity index (χ3v) is 5.88. The molecule has 3 aliphatic heterocycles. The quantitative estimate of drug-likeness (QED) is 0.699. The minimum atomic E-state index is -0.511. The van der Waals surface area contributed by atoms with Gasteiger partial charge in [0.15, 0.2) is 0 Å². The Labute approximate surface area is 175 Å². The molecule has 5 rings (SSSR count). The highest BCUT2D eigenvalue weighted by Gasteiger charge is 2.37. The second kappa shape index (κ2) is 8.83. The van der Waals surface area contributed by atoms with Gasteiger partial charge in [-0.1, -0.05) is 18.2 Å². The SMILES string of the molecule is COC(=O)c1cccc(CN(C(=O)O[C@H]2CN3CCC2CC3)c2cccc(F)c2)c1. The summed E-state index contributed by atoms with van der Waals surface area (Å²) < 4.78 is 24.5. The van der Waals surface area contributed by atoms with E-state index in [2.05, 4.69) is 4.90 Å². The Morgan fingerprint density at radius 3 is 2.57 bits per heavy atom. The fraction of sp³-hybridized carbons (Fsp3) is 0.391. The molecule has 1 atom stereocenters. The Morgan fingerprint density at radius 1 is 1.13 bits per heavy atom. The topological polar surface area (TPSA) is 59.1 Å². The predicted molar refractivity (Wildman–Crippen MR) is 110 cm³/mol. The maximum Gasteiger partial charge on any atom is 0.414 e. The van der Waals surface area contributed by atoms with Gasteiger partial charge in [-0.15, -0.1) is 0 Å². The lowest BCUT2D eigenvalue weighted by Crippen LogP contribution is -2.53. The van der Waals surface area contributed by atoms with Gasteiger partial charge in [0.25, 0.3) is 0 Å². The van der Waals surface area contributed by atoms with Crippen molar-refractivity contribution in [2.24, 2.45) is 5.92 Å². The van der Waals surface area contributed by atoms with E-state index < -0.39 is 17.9 Å². The Bertz CT molecular complexity index is 927. The second-order valence-corrected chi connectivity index (χ2v) is 7.82. The lowest BCUT2D eigenvalue weighted by molar-refractivity contribution is -0.0311. The van der Waals surface area contributed by atoms with Crippen LogP contribution in [-0.2, 0) is 16.0 Å². The summed E-state index contributed by atoms with van der Waals surface area (Å²) in [5, 5.41) is 0. The van der Waals surface area contributed by atoms with Crippen LogP contribution in [0.4, 0.5) is 14.9 Å². The normalized spacial score (nSPS) is 22.4. The summed E-state index contributed by atoms with van der Waals surface area (Å²) in [5.74, 6) is -0.517. The van der Waals surface area contributed by atoms with E-state index in [1.807, 2.05) is 0 Å². The standard InChI is InChI=1S/C23H25FN2O4/c1-29-22(27)18-5-2-4-16(12-18)14-26(20-7-3-6-19(24)13-20)23(28)30-21-15-25-10-8-17(21)9-11-25/h2-7,12-13,17,21H,8-11,14-15H2,1H3/t21-/m0/s1. The van der Waals surface area contributed by atoms with Crippen LogP contribution in [0.1, 0.15) is 28.8 Å². The highest BCUT2D eigenvalue weighted by molar-refractivity contribution is 5.90. The summed E-state index contributed by atoms with van der Waals surface area (Å²) >= 11 is 0. The number of halogens is 1. The third-order valence-electron chi connectivity index (χ3n) is 5.88. The molecule has 3 heterocycles. The van der Waals surface area contributed by atoms with Crippen molar-refractivity contribution in [3.05, 3.63) is 65.5 Å². The van der Waals surface area contributed by atoms with E-state index in [0.717, 1.165) is 32.5 Å². The fourth-order valence-electron chi connectivity index (χ4n) is 4.24. The molecule has 1 amide bonds. The van der Waals surface area contributed by atoms with Gasteiger partial charge in [-0.2, -0.15) is 0 Å². The van der Waals surface area contributed by atoms with Gasteiger partial charge in [0.2, 0.25) is 0 Å². The molecule has 3 fully saturated rings. The van der Waals surface area contributed by atoms with E-state index in [4.69, 9.17) is 9.47 Å². The maximum atomic E-state index is 13.9. The zero-order valence-electron chi connectivity index (χ0n) is 16.9. The molecule has 0 unspecified atom stereocenters. The molecule has 30 heavy (non-hydrogen) atoms. The number of anilines is 1. The summed E-state index contributed by atoms with van der Waals surface area (Å²) in [6.45, 7) is 2.98. The average molecular weight is 412 g/mol. The summed E-state index contributed by atoms with van der Waals surface area (Å²) in [6.07, 6.45) is 1.39. The van der Waals surface area contributed by atoms with Crippen molar-refractivity contribution in [3.63, 3.8) is 0 Å². The summed E-state index contributed by atoms with van der Waals surface area (Å²) in [7, 11) is 1.32. The van der Waals surface area contributed by atoms with Crippen molar-refractivity contribution in [2.45, 2.75) is 25.5 Å². The van der Waals surface area contributed by atoms with Gasteiger partial charge in [0.1, 0.15) is 11.9 Å². The van der Waals surface area contributed by atoms with Crippen LogP contribution in [0.3, 0.4) is 0 Å². The molecule has 0 aliphatic carbocycles. The number of hydrogen-bond acceptors (Lipinski definition) is 5. The third kappa shape index (κ3) is 4.46. The van der Waals surface area contributed by atoms with E-state index in [-0.39, 0.29) is 12.6 Å². The van der Waals surface area contributed by atoms with Gasteiger partial charge in [-0.05, 0) is 67.7 Å². The van der Waals surface area contributed by atoms with Gasteiger partial charge in [-0.25, -0.2) is 14.0 Å². The van der Waals surface area contributed by atoms with E-state index in [1.54, 1.807) is 36.4 Å². The second-order valence-electron chi connectivity index (χ2n) is 7.82. The molecule has 2 aromatic carbocycles. The van der Waals surface area contributed by atoms with Gasteiger partial charge < -0.3 is 9.47 Å². The van der Waals surface area contributed by atoms with Crippen LogP contribution in [0.2, 0.25) is 0 Å². The number of carbonyl (C=O) groups excluding carboxylic acids is 2. The maximum absolute atomic E-state index is 13.9. The molecule has 0 radical (unpaired) electrons. The van der Waals surface area contributed by atoms with E-state index in [0.29, 0.717) is 22.7 Å². The highest BCUT2D eigenvalue weighted by atomic mass is 19.1. The van der Waals surface area contributed by atoms with E-state index in [9.17, 15) is 14.0 Å². The molecule has 2 bridgehead atoms. The van der Waals surface area contributed by atoms with Crippen LogP contribution in [0.25, 0.3) is 0 Å². The lowest BCUT2D eigenvalue weighted by atomic mass is 9.86. The first-order chi connectivity index (χ1) is 14.5. The van der Waals surface area contributed by atoms with Crippen LogP contribution in [-0.4, -0.2) is 49.8 Å². The average Bonchev–Trinajstić information content (AvgIpc) is 2.78. The first-order valence-corrected chi connectivity index (χ1v) is 10.2. The number of esters is 1. The van der Waals surface area contributed by atoms with Crippen molar-refractivity contribution in [2.75, 3.05) is 31.6 Å². The minimum Gasteiger partial charge on any atom is -0.465 e. The predicted octanol–water partition coefficient (Wildman–Crippen LogP) is 3.85. The molecular weight excluding hydrogens is 387 g/mol.